The van der Waals surface area contributed by atoms with Gasteiger partial charge in [-0.2, -0.15) is 0 Å². The summed E-state index contributed by atoms with van der Waals surface area (Å²) >= 11 is 1.41. The Morgan fingerprint density at radius 1 is 1.50 bits per heavy atom. The van der Waals surface area contributed by atoms with E-state index in [9.17, 15) is 9.50 Å². The van der Waals surface area contributed by atoms with Gasteiger partial charge in [-0.1, -0.05) is 0 Å². The summed E-state index contributed by atoms with van der Waals surface area (Å²) in [5.74, 6) is 0.135. The summed E-state index contributed by atoms with van der Waals surface area (Å²) < 4.78 is 13.0. The number of aliphatic hydroxyl groups is 2. The molecule has 0 saturated heterocycles. The first-order valence-electron chi connectivity index (χ1n) is 5.02. The molecule has 0 bridgehead atoms. The van der Waals surface area contributed by atoms with E-state index in [-0.39, 0.29) is 12.4 Å². The summed E-state index contributed by atoms with van der Waals surface area (Å²) in [6.07, 6.45) is -0.738. The van der Waals surface area contributed by atoms with Gasteiger partial charge >= 0.3 is 0 Å². The number of halogens is 1. The summed E-state index contributed by atoms with van der Waals surface area (Å²) in [5.41, 5.74) is 0.859. The summed E-state index contributed by atoms with van der Waals surface area (Å²) in [6.45, 7) is 0.324. The Balaban J connectivity index is 2.70. The normalized spacial score (nSPS) is 12.8. The van der Waals surface area contributed by atoms with E-state index in [1.807, 2.05) is 0 Å². The lowest BCUT2D eigenvalue weighted by Gasteiger charge is -2.11. The van der Waals surface area contributed by atoms with Crippen LogP contribution in [0, 0.1) is 5.82 Å². The predicted molar refractivity (Wildman–Crippen MR) is 63.0 cm³/mol. The third kappa shape index (κ3) is 4.09. The van der Waals surface area contributed by atoms with Gasteiger partial charge in [0.1, 0.15) is 5.82 Å². The molecule has 0 saturated carbocycles. The Hall–Kier alpha value is -0.620. The zero-order valence-electron chi connectivity index (χ0n) is 9.11. The highest BCUT2D eigenvalue weighted by Gasteiger charge is 2.07. The maximum Gasteiger partial charge on any atom is 0.123 e. The molecule has 0 spiro atoms. The minimum absolute atomic E-state index is 0.254. The number of hydrogen-bond acceptors (Lipinski definition) is 4. The fourth-order valence-corrected chi connectivity index (χ4v) is 2.21. The van der Waals surface area contributed by atoms with Crippen molar-refractivity contribution in [3.8, 4) is 0 Å². The highest BCUT2D eigenvalue weighted by molar-refractivity contribution is 7.99. The van der Waals surface area contributed by atoms with Crippen LogP contribution in [0.4, 0.5) is 4.39 Å². The molecule has 0 aliphatic carbocycles. The molecule has 90 valence electrons. The number of rotatable bonds is 6. The van der Waals surface area contributed by atoms with Crippen molar-refractivity contribution in [2.75, 3.05) is 19.4 Å². The lowest BCUT2D eigenvalue weighted by molar-refractivity contribution is 0.113. The smallest absolute Gasteiger partial charge is 0.123 e. The molecular weight excluding hydrogens is 229 g/mol. The van der Waals surface area contributed by atoms with Crippen molar-refractivity contribution >= 4 is 11.8 Å². The van der Waals surface area contributed by atoms with E-state index in [0.717, 1.165) is 10.5 Å². The van der Waals surface area contributed by atoms with Crippen molar-refractivity contribution in [3.63, 3.8) is 0 Å². The van der Waals surface area contributed by atoms with E-state index in [1.165, 1.54) is 23.9 Å². The van der Waals surface area contributed by atoms with Crippen LogP contribution in [0.25, 0.3) is 0 Å². The first kappa shape index (κ1) is 13.4. The zero-order valence-corrected chi connectivity index (χ0v) is 9.93. The van der Waals surface area contributed by atoms with E-state index in [2.05, 4.69) is 5.32 Å². The van der Waals surface area contributed by atoms with Gasteiger partial charge in [0.25, 0.3) is 0 Å². The molecule has 3 nitrogen and oxygen atoms in total. The van der Waals surface area contributed by atoms with E-state index < -0.39 is 6.10 Å². The number of benzene rings is 1. The average molecular weight is 245 g/mol. The second-order valence-corrected chi connectivity index (χ2v) is 4.49. The van der Waals surface area contributed by atoms with Crippen LogP contribution in [-0.2, 0) is 6.54 Å². The maximum absolute atomic E-state index is 13.0. The van der Waals surface area contributed by atoms with Gasteiger partial charge in [0.15, 0.2) is 0 Å². The second kappa shape index (κ2) is 6.85. The molecule has 0 heterocycles. The molecule has 1 aromatic carbocycles. The van der Waals surface area contributed by atoms with Crippen LogP contribution >= 0.6 is 11.8 Å². The molecule has 1 unspecified atom stereocenters. The molecule has 0 aromatic heterocycles. The van der Waals surface area contributed by atoms with Crippen LogP contribution in [0.3, 0.4) is 0 Å². The van der Waals surface area contributed by atoms with Gasteiger partial charge in [-0.25, -0.2) is 4.39 Å². The molecule has 5 heteroatoms. The lowest BCUT2D eigenvalue weighted by atomic mass is 10.2. The zero-order chi connectivity index (χ0) is 12.0. The van der Waals surface area contributed by atoms with Gasteiger partial charge in [-0.15, -0.1) is 11.8 Å². The molecule has 16 heavy (non-hydrogen) atoms. The number of hydrogen-bond donors (Lipinski definition) is 3. The van der Waals surface area contributed by atoms with Crippen molar-refractivity contribution in [2.24, 2.45) is 0 Å². The Bertz CT molecular complexity index is 336. The largest absolute Gasteiger partial charge is 0.394 e. The van der Waals surface area contributed by atoms with Crippen molar-refractivity contribution in [1.82, 2.24) is 5.32 Å². The Morgan fingerprint density at radius 2 is 2.25 bits per heavy atom. The molecular formula is C11H16FNO2S. The topological polar surface area (TPSA) is 52.5 Å². The van der Waals surface area contributed by atoms with Gasteiger partial charge in [0, 0.05) is 17.2 Å². The van der Waals surface area contributed by atoms with Crippen LogP contribution in [0.5, 0.6) is 0 Å². The molecule has 1 rings (SSSR count). The van der Waals surface area contributed by atoms with Crippen LogP contribution in [0.2, 0.25) is 0 Å². The first-order chi connectivity index (χ1) is 7.67. The van der Waals surface area contributed by atoms with Crippen molar-refractivity contribution in [1.29, 1.82) is 0 Å². The van der Waals surface area contributed by atoms with Crippen LogP contribution in [0.1, 0.15) is 5.56 Å². The van der Waals surface area contributed by atoms with Gasteiger partial charge < -0.3 is 15.5 Å². The monoisotopic (exact) mass is 245 g/mol. The van der Waals surface area contributed by atoms with E-state index in [1.54, 1.807) is 13.1 Å². The Morgan fingerprint density at radius 3 is 2.88 bits per heavy atom. The molecule has 0 aliphatic rings. The second-order valence-electron chi connectivity index (χ2n) is 3.43. The minimum atomic E-state index is -0.738. The SMILES string of the molecule is CNCc1cc(F)ccc1SCC(O)CO. The van der Waals surface area contributed by atoms with Gasteiger partial charge in [-0.3, -0.25) is 0 Å². The summed E-state index contributed by atoms with van der Waals surface area (Å²) in [6, 6.07) is 4.56. The third-order valence-corrected chi connectivity index (χ3v) is 3.29. The van der Waals surface area contributed by atoms with Crippen molar-refractivity contribution in [2.45, 2.75) is 17.5 Å². The molecule has 1 aromatic rings. The summed E-state index contributed by atoms with van der Waals surface area (Å²) in [7, 11) is 1.79. The summed E-state index contributed by atoms with van der Waals surface area (Å²) in [5, 5.41) is 20.9. The van der Waals surface area contributed by atoms with E-state index >= 15 is 0 Å². The van der Waals surface area contributed by atoms with Crippen LogP contribution in [-0.4, -0.2) is 35.7 Å². The molecule has 0 amide bonds. The lowest BCUT2D eigenvalue weighted by Crippen LogP contribution is -2.15. The maximum atomic E-state index is 13.0. The first-order valence-corrected chi connectivity index (χ1v) is 6.00. The molecule has 0 fully saturated rings. The van der Waals surface area contributed by atoms with E-state index in [0.29, 0.717) is 12.3 Å². The predicted octanol–water partition coefficient (Wildman–Crippen LogP) is 0.990. The molecule has 1 atom stereocenters. The fourth-order valence-electron chi connectivity index (χ4n) is 1.26. The highest BCUT2D eigenvalue weighted by atomic mass is 32.2. The molecule has 0 aliphatic heterocycles. The average Bonchev–Trinajstić information content (AvgIpc) is 2.28. The molecule has 3 N–H and O–H groups in total. The highest BCUT2D eigenvalue weighted by Crippen LogP contribution is 2.24. The molecule has 0 radical (unpaired) electrons. The van der Waals surface area contributed by atoms with Gasteiger partial charge in [-0.05, 0) is 30.8 Å². The quantitative estimate of drug-likeness (QED) is 0.654. The van der Waals surface area contributed by atoms with Crippen molar-refractivity contribution < 1.29 is 14.6 Å². The van der Waals surface area contributed by atoms with Crippen LogP contribution < -0.4 is 5.32 Å². The van der Waals surface area contributed by atoms with Gasteiger partial charge in [0.2, 0.25) is 0 Å². The number of aliphatic hydroxyl groups excluding tert-OH is 2. The Kier molecular flexibility index (Phi) is 5.76. The number of nitrogens with one attached hydrogen (secondary N) is 1. The van der Waals surface area contributed by atoms with Crippen LogP contribution in [0.15, 0.2) is 23.1 Å². The van der Waals surface area contributed by atoms with Gasteiger partial charge in [0.05, 0.1) is 12.7 Å². The fraction of sp³-hybridized carbons (Fsp3) is 0.455. The van der Waals surface area contributed by atoms with E-state index in [4.69, 9.17) is 5.11 Å². The number of thioether (sulfide) groups is 1. The summed E-state index contributed by atoms with van der Waals surface area (Å²) in [4.78, 5) is 0.920. The van der Waals surface area contributed by atoms with Crippen molar-refractivity contribution in [3.05, 3.63) is 29.6 Å². The Labute approximate surface area is 98.7 Å². The third-order valence-electron chi connectivity index (χ3n) is 2.03. The minimum Gasteiger partial charge on any atom is -0.394 e. The standard InChI is InChI=1S/C11H16FNO2S/c1-13-5-8-4-9(12)2-3-11(8)16-7-10(15)6-14/h2-4,10,13-15H,5-7H2,1H3.